The molecule has 0 fully saturated rings. The summed E-state index contributed by atoms with van der Waals surface area (Å²) < 4.78 is 89.5. The third kappa shape index (κ3) is 4.72. The first-order chi connectivity index (χ1) is 15.4. The van der Waals surface area contributed by atoms with Gasteiger partial charge in [-0.15, -0.1) is 11.3 Å². The molecule has 0 aliphatic carbocycles. The van der Waals surface area contributed by atoms with Gasteiger partial charge in [-0.25, -0.2) is 32.3 Å². The minimum absolute atomic E-state index is 0.0164. The molecule has 0 unspecified atom stereocenters. The van der Waals surface area contributed by atoms with Crippen LogP contribution in [0.1, 0.15) is 28.3 Å². The van der Waals surface area contributed by atoms with Gasteiger partial charge in [0.15, 0.2) is 11.3 Å². The van der Waals surface area contributed by atoms with Crippen LogP contribution in [0.3, 0.4) is 0 Å². The zero-order chi connectivity index (χ0) is 24.0. The molecule has 6 nitrogen and oxygen atoms in total. The molecular weight excluding hydrogens is 487 g/mol. The highest BCUT2D eigenvalue weighted by Crippen LogP contribution is 2.32. The van der Waals surface area contributed by atoms with E-state index in [-0.39, 0.29) is 26.8 Å². The molecule has 170 valence electrons. The van der Waals surface area contributed by atoms with Gasteiger partial charge in [-0.05, 0) is 42.2 Å². The number of aromatic nitrogens is 3. The van der Waals surface area contributed by atoms with Gasteiger partial charge in [-0.1, -0.05) is 12.1 Å². The lowest BCUT2D eigenvalue weighted by molar-refractivity contribution is -0.137. The Kier molecular flexibility index (Phi) is 5.69. The Bertz CT molecular complexity index is 1510. The highest BCUT2D eigenvalue weighted by Gasteiger charge is 2.30. The van der Waals surface area contributed by atoms with Crippen LogP contribution in [0, 0.1) is 11.8 Å². The van der Waals surface area contributed by atoms with E-state index in [1.807, 2.05) is 0 Å². The van der Waals surface area contributed by atoms with Crippen LogP contribution < -0.4 is 5.14 Å². The molecule has 4 aromatic rings. The number of benzene rings is 1. The first-order valence-corrected chi connectivity index (χ1v) is 11.3. The van der Waals surface area contributed by atoms with Crippen LogP contribution in [0.15, 0.2) is 53.0 Å². The van der Waals surface area contributed by atoms with Crippen molar-refractivity contribution in [2.75, 3.05) is 0 Å². The van der Waals surface area contributed by atoms with E-state index in [2.05, 4.69) is 21.8 Å². The summed E-state index contributed by atoms with van der Waals surface area (Å²) in [7, 11) is -3.89. The van der Waals surface area contributed by atoms with Gasteiger partial charge >= 0.3 is 6.18 Å². The highest BCUT2D eigenvalue weighted by molar-refractivity contribution is 7.91. The van der Waals surface area contributed by atoms with Crippen molar-refractivity contribution in [3.05, 3.63) is 70.6 Å². The predicted octanol–water partition coefficient (Wildman–Crippen LogP) is 4.46. The van der Waals surface area contributed by atoms with Crippen molar-refractivity contribution >= 4 is 27.0 Å². The number of alkyl halides is 5. The molecule has 0 atom stereocenters. The molecule has 0 saturated carbocycles. The Morgan fingerprint density at radius 3 is 2.33 bits per heavy atom. The van der Waals surface area contributed by atoms with Crippen molar-refractivity contribution in [3.8, 4) is 23.1 Å². The number of sulfonamides is 1. The lowest BCUT2D eigenvalue weighted by Crippen LogP contribution is -2.09. The zero-order valence-corrected chi connectivity index (χ0v) is 17.8. The summed E-state index contributed by atoms with van der Waals surface area (Å²) in [5.41, 5.74) is -1.14. The number of hydrogen-bond donors (Lipinski definition) is 1. The minimum atomic E-state index is -4.54. The van der Waals surface area contributed by atoms with Gasteiger partial charge in [-0.2, -0.15) is 13.2 Å². The van der Waals surface area contributed by atoms with Gasteiger partial charge in [0.1, 0.15) is 10.5 Å². The van der Waals surface area contributed by atoms with Gasteiger partial charge in [0.2, 0.25) is 10.0 Å². The monoisotopic (exact) mass is 498 g/mol. The number of nitrogens with zero attached hydrogens (tertiary/aromatic N) is 3. The fraction of sp³-hybridized carbons (Fsp3) is 0.100. The Balaban J connectivity index is 1.79. The van der Waals surface area contributed by atoms with Crippen LogP contribution in [0.2, 0.25) is 0 Å². The zero-order valence-electron chi connectivity index (χ0n) is 16.1. The average Bonchev–Trinajstić information content (AvgIpc) is 3.38. The van der Waals surface area contributed by atoms with Crippen molar-refractivity contribution in [1.29, 1.82) is 0 Å². The molecule has 0 saturated heterocycles. The summed E-state index contributed by atoms with van der Waals surface area (Å²) in [6.45, 7) is 0. The van der Waals surface area contributed by atoms with E-state index >= 15 is 0 Å². The molecule has 0 aliphatic rings. The molecule has 33 heavy (non-hydrogen) atoms. The smallest absolute Gasteiger partial charge is 0.281 e. The topological polar surface area (TPSA) is 90.4 Å². The summed E-state index contributed by atoms with van der Waals surface area (Å²) in [4.78, 5) is 8.61. The number of thiophene rings is 1. The number of imidazole rings is 1. The van der Waals surface area contributed by atoms with E-state index in [1.165, 1.54) is 12.1 Å². The fourth-order valence-electron chi connectivity index (χ4n) is 2.89. The lowest BCUT2D eigenvalue weighted by atomic mass is 10.1. The van der Waals surface area contributed by atoms with Crippen molar-refractivity contribution in [3.63, 3.8) is 0 Å². The molecule has 0 radical (unpaired) electrons. The van der Waals surface area contributed by atoms with Crippen LogP contribution in [0.4, 0.5) is 22.0 Å². The molecule has 13 heteroatoms. The van der Waals surface area contributed by atoms with Gasteiger partial charge in [0.25, 0.3) is 6.43 Å². The molecule has 3 heterocycles. The SMILES string of the molecule is NS(=O)(=O)c1ccc(C#Cc2ncn3c(C(F)F)cc(-c4ccc(C(F)(F)F)cc4)nc23)s1. The molecule has 3 aromatic heterocycles. The highest BCUT2D eigenvalue weighted by atomic mass is 32.2. The summed E-state index contributed by atoms with van der Waals surface area (Å²) in [6.07, 6.45) is -6.36. The first kappa shape index (κ1) is 22.8. The first-order valence-electron chi connectivity index (χ1n) is 8.92. The molecule has 0 amide bonds. The van der Waals surface area contributed by atoms with Crippen LogP contribution >= 0.6 is 11.3 Å². The molecule has 0 spiro atoms. The number of fused-ring (bicyclic) bond motifs is 1. The minimum Gasteiger partial charge on any atom is -0.281 e. The van der Waals surface area contributed by atoms with E-state index in [0.717, 1.165) is 52.4 Å². The molecule has 4 rings (SSSR count). The number of primary sulfonamides is 1. The van der Waals surface area contributed by atoms with Crippen LogP contribution in [-0.2, 0) is 16.2 Å². The lowest BCUT2D eigenvalue weighted by Gasteiger charge is -2.10. The second-order valence-electron chi connectivity index (χ2n) is 6.64. The second kappa shape index (κ2) is 8.22. The van der Waals surface area contributed by atoms with Crippen LogP contribution in [-0.4, -0.2) is 22.8 Å². The average molecular weight is 498 g/mol. The van der Waals surface area contributed by atoms with Crippen molar-refractivity contribution in [1.82, 2.24) is 14.4 Å². The van der Waals surface area contributed by atoms with E-state index in [1.54, 1.807) is 0 Å². The van der Waals surface area contributed by atoms with Crippen molar-refractivity contribution in [2.24, 2.45) is 5.14 Å². The summed E-state index contributed by atoms with van der Waals surface area (Å²) >= 11 is 0.825. The van der Waals surface area contributed by atoms with E-state index in [0.29, 0.717) is 4.88 Å². The van der Waals surface area contributed by atoms with Crippen molar-refractivity contribution in [2.45, 2.75) is 16.8 Å². The van der Waals surface area contributed by atoms with Gasteiger partial charge in [0.05, 0.1) is 21.8 Å². The normalized spacial score (nSPS) is 12.2. The van der Waals surface area contributed by atoms with Gasteiger partial charge < -0.3 is 0 Å². The molecule has 1 aromatic carbocycles. The maximum absolute atomic E-state index is 13.7. The van der Waals surface area contributed by atoms with Crippen LogP contribution in [0.25, 0.3) is 16.9 Å². The number of rotatable bonds is 3. The number of hydrogen-bond acceptors (Lipinski definition) is 5. The maximum Gasteiger partial charge on any atom is 0.416 e. The quantitative estimate of drug-likeness (QED) is 0.334. The Morgan fingerprint density at radius 2 is 1.76 bits per heavy atom. The number of nitrogens with two attached hydrogens (primary N) is 1. The van der Waals surface area contributed by atoms with Gasteiger partial charge in [0, 0.05) is 5.56 Å². The van der Waals surface area contributed by atoms with Gasteiger partial charge in [-0.3, -0.25) is 4.40 Å². The van der Waals surface area contributed by atoms with E-state index in [4.69, 9.17) is 5.14 Å². The molecule has 2 N–H and O–H groups in total. The summed E-state index contributed by atoms with van der Waals surface area (Å²) in [5, 5.41) is 5.06. The summed E-state index contributed by atoms with van der Waals surface area (Å²) in [6, 6.07) is 7.72. The largest absolute Gasteiger partial charge is 0.416 e. The third-order valence-electron chi connectivity index (χ3n) is 4.43. The summed E-state index contributed by atoms with van der Waals surface area (Å²) in [5.74, 6) is 5.34. The Labute approximate surface area is 187 Å². The molecule has 0 aliphatic heterocycles. The Morgan fingerprint density at radius 1 is 1.06 bits per heavy atom. The Hall–Kier alpha value is -3.34. The van der Waals surface area contributed by atoms with Crippen molar-refractivity contribution < 1.29 is 30.4 Å². The fourth-order valence-corrected chi connectivity index (χ4v) is 4.47. The number of halogens is 5. The van der Waals surface area contributed by atoms with E-state index < -0.39 is 33.9 Å². The van der Waals surface area contributed by atoms with Crippen LogP contribution in [0.5, 0.6) is 0 Å². The predicted molar refractivity (Wildman–Crippen MR) is 110 cm³/mol. The molecule has 0 bridgehead atoms. The maximum atomic E-state index is 13.7. The van der Waals surface area contributed by atoms with E-state index in [9.17, 15) is 30.4 Å². The second-order valence-corrected chi connectivity index (χ2v) is 9.51. The standard InChI is InChI=1S/C20H11F5N4O2S2/c21-18(22)16-9-15(11-1-3-12(4-2-11)20(23,24)25)28-19-14(27-10-29(16)19)7-5-13-6-8-17(32-13)33(26,30)31/h1-4,6,8-10,18H,(H2,26,30,31). The molecular formula is C20H11F5N4O2S2. The third-order valence-corrected chi connectivity index (χ3v) is 6.87.